The van der Waals surface area contributed by atoms with Gasteiger partial charge in [0.05, 0.1) is 17.5 Å². The number of anilines is 2. The van der Waals surface area contributed by atoms with E-state index < -0.39 is 5.91 Å². The molecule has 7 heteroatoms. The van der Waals surface area contributed by atoms with Crippen molar-refractivity contribution in [3.8, 4) is 0 Å². The van der Waals surface area contributed by atoms with E-state index in [0.29, 0.717) is 17.1 Å². The molecule has 0 saturated heterocycles. The summed E-state index contributed by atoms with van der Waals surface area (Å²) < 4.78 is 5.86. The van der Waals surface area contributed by atoms with Crippen LogP contribution in [0.4, 0.5) is 11.5 Å². The molecule has 24 heavy (non-hydrogen) atoms. The third kappa shape index (κ3) is 3.69. The van der Waals surface area contributed by atoms with Crippen LogP contribution >= 0.6 is 15.9 Å². The van der Waals surface area contributed by atoms with Crippen LogP contribution in [0.5, 0.6) is 0 Å². The summed E-state index contributed by atoms with van der Waals surface area (Å²) in [4.78, 5) is 28.6. The van der Waals surface area contributed by atoms with Gasteiger partial charge in [-0.05, 0) is 52.3 Å². The number of carbonyl (C=O) groups excluding carboxylic acids is 2. The van der Waals surface area contributed by atoms with Crippen molar-refractivity contribution >= 4 is 39.2 Å². The van der Waals surface area contributed by atoms with Gasteiger partial charge in [-0.25, -0.2) is 4.98 Å². The minimum Gasteiger partial charge on any atom is -0.459 e. The Labute approximate surface area is 146 Å². The lowest BCUT2D eigenvalue weighted by Crippen LogP contribution is -2.18. The summed E-state index contributed by atoms with van der Waals surface area (Å²) in [6.45, 7) is 0. The summed E-state index contributed by atoms with van der Waals surface area (Å²) >= 11 is 3.28. The first-order chi connectivity index (χ1) is 11.6. The second-order valence-electron chi connectivity index (χ2n) is 4.79. The number of benzene rings is 1. The molecule has 0 aliphatic rings. The summed E-state index contributed by atoms with van der Waals surface area (Å²) in [5.41, 5.74) is 0.704. The summed E-state index contributed by atoms with van der Waals surface area (Å²) in [7, 11) is 0. The number of furan rings is 1. The Morgan fingerprint density at radius 1 is 0.958 bits per heavy atom. The van der Waals surface area contributed by atoms with Crippen molar-refractivity contribution < 1.29 is 14.0 Å². The largest absolute Gasteiger partial charge is 0.459 e. The SMILES string of the molecule is O=C(Nc1ccccc1C(=O)Nc1ccc(Br)cn1)c1ccco1. The molecule has 3 aromatic rings. The lowest BCUT2D eigenvalue weighted by molar-refractivity contribution is 0.0996. The molecule has 2 N–H and O–H groups in total. The van der Waals surface area contributed by atoms with E-state index >= 15 is 0 Å². The van der Waals surface area contributed by atoms with Crippen LogP contribution in [0, 0.1) is 0 Å². The normalized spacial score (nSPS) is 10.2. The number of para-hydroxylation sites is 1. The number of hydrogen-bond donors (Lipinski definition) is 2. The first-order valence-corrected chi connectivity index (χ1v) is 7.79. The highest BCUT2D eigenvalue weighted by atomic mass is 79.9. The Balaban J connectivity index is 1.79. The highest BCUT2D eigenvalue weighted by Crippen LogP contribution is 2.18. The summed E-state index contributed by atoms with van der Waals surface area (Å²) in [5, 5.41) is 5.36. The number of pyridine rings is 1. The highest BCUT2D eigenvalue weighted by Gasteiger charge is 2.15. The fraction of sp³-hybridized carbons (Fsp3) is 0. The zero-order chi connectivity index (χ0) is 16.9. The maximum Gasteiger partial charge on any atom is 0.291 e. The minimum absolute atomic E-state index is 0.166. The van der Waals surface area contributed by atoms with Crippen molar-refractivity contribution in [1.29, 1.82) is 0 Å². The molecule has 0 atom stereocenters. The van der Waals surface area contributed by atoms with Gasteiger partial charge in [-0.2, -0.15) is 0 Å². The van der Waals surface area contributed by atoms with Gasteiger partial charge in [-0.1, -0.05) is 12.1 Å². The van der Waals surface area contributed by atoms with E-state index in [2.05, 4.69) is 31.5 Å². The van der Waals surface area contributed by atoms with Crippen molar-refractivity contribution in [3.63, 3.8) is 0 Å². The Hall–Kier alpha value is -2.93. The predicted molar refractivity (Wildman–Crippen MR) is 93.0 cm³/mol. The Kier molecular flexibility index (Phi) is 4.72. The molecule has 2 heterocycles. The van der Waals surface area contributed by atoms with Gasteiger partial charge >= 0.3 is 0 Å². The van der Waals surface area contributed by atoms with Crippen LogP contribution in [-0.4, -0.2) is 16.8 Å². The molecule has 6 nitrogen and oxygen atoms in total. The molecule has 2 aromatic heterocycles. The maximum atomic E-state index is 12.5. The second kappa shape index (κ2) is 7.10. The van der Waals surface area contributed by atoms with Crippen LogP contribution in [-0.2, 0) is 0 Å². The molecule has 0 radical (unpaired) electrons. The molecule has 0 bridgehead atoms. The molecule has 3 rings (SSSR count). The summed E-state index contributed by atoms with van der Waals surface area (Å²) in [5.74, 6) is -0.225. The summed E-state index contributed by atoms with van der Waals surface area (Å²) in [6.07, 6.45) is 2.99. The summed E-state index contributed by atoms with van der Waals surface area (Å²) in [6, 6.07) is 13.3. The fourth-order valence-electron chi connectivity index (χ4n) is 2.02. The van der Waals surface area contributed by atoms with Crippen LogP contribution in [0.2, 0.25) is 0 Å². The van der Waals surface area contributed by atoms with Gasteiger partial charge in [-0.15, -0.1) is 0 Å². The van der Waals surface area contributed by atoms with Crippen LogP contribution < -0.4 is 10.6 Å². The Morgan fingerprint density at radius 2 is 1.79 bits per heavy atom. The van der Waals surface area contributed by atoms with E-state index in [1.165, 1.54) is 6.26 Å². The first kappa shape index (κ1) is 15.9. The Morgan fingerprint density at radius 3 is 2.50 bits per heavy atom. The maximum absolute atomic E-state index is 12.5. The van der Waals surface area contributed by atoms with E-state index in [1.807, 2.05) is 0 Å². The molecule has 0 saturated carbocycles. The minimum atomic E-state index is -0.429. The predicted octanol–water partition coefficient (Wildman–Crippen LogP) is 3.94. The average molecular weight is 386 g/mol. The number of hydrogen-bond acceptors (Lipinski definition) is 4. The number of carbonyl (C=O) groups is 2. The molecule has 2 amide bonds. The van der Waals surface area contributed by atoms with Crippen LogP contribution in [0.1, 0.15) is 20.9 Å². The van der Waals surface area contributed by atoms with E-state index in [4.69, 9.17) is 4.42 Å². The zero-order valence-corrected chi connectivity index (χ0v) is 13.9. The number of amides is 2. The fourth-order valence-corrected chi connectivity index (χ4v) is 2.25. The molecule has 0 fully saturated rings. The smallest absolute Gasteiger partial charge is 0.291 e. The number of halogens is 1. The van der Waals surface area contributed by atoms with Gasteiger partial charge in [0.2, 0.25) is 0 Å². The molecular weight excluding hydrogens is 374 g/mol. The molecular formula is C17H12BrN3O3. The van der Waals surface area contributed by atoms with Crippen molar-refractivity contribution in [1.82, 2.24) is 4.98 Å². The van der Waals surface area contributed by atoms with Crippen LogP contribution in [0.3, 0.4) is 0 Å². The van der Waals surface area contributed by atoms with Crippen LogP contribution in [0.25, 0.3) is 0 Å². The van der Waals surface area contributed by atoms with Gasteiger partial charge < -0.3 is 15.1 Å². The van der Waals surface area contributed by atoms with Crippen LogP contribution in [0.15, 0.2) is 69.9 Å². The van der Waals surface area contributed by atoms with Gasteiger partial charge in [0, 0.05) is 10.7 Å². The molecule has 1 aromatic carbocycles. The van der Waals surface area contributed by atoms with Crippen molar-refractivity contribution in [2.75, 3.05) is 10.6 Å². The first-order valence-electron chi connectivity index (χ1n) is 7.00. The van der Waals surface area contributed by atoms with E-state index in [-0.39, 0.29) is 11.7 Å². The molecule has 0 aliphatic carbocycles. The monoisotopic (exact) mass is 385 g/mol. The number of rotatable bonds is 4. The van der Waals surface area contributed by atoms with Gasteiger partial charge in [-0.3, -0.25) is 9.59 Å². The van der Waals surface area contributed by atoms with Gasteiger partial charge in [0.15, 0.2) is 5.76 Å². The third-order valence-electron chi connectivity index (χ3n) is 3.13. The standard InChI is InChI=1S/C17H12BrN3O3/c18-11-7-8-15(19-10-11)21-16(22)12-4-1-2-5-13(12)20-17(23)14-6-3-9-24-14/h1-10H,(H,20,23)(H,19,21,22). The second-order valence-corrected chi connectivity index (χ2v) is 5.71. The Bertz CT molecular complexity index is 861. The number of aromatic nitrogens is 1. The number of nitrogens with one attached hydrogen (secondary N) is 2. The molecule has 0 spiro atoms. The average Bonchev–Trinajstić information content (AvgIpc) is 3.12. The molecule has 120 valence electrons. The number of nitrogens with zero attached hydrogens (tertiary/aromatic N) is 1. The topological polar surface area (TPSA) is 84.2 Å². The zero-order valence-electron chi connectivity index (χ0n) is 12.3. The van der Waals surface area contributed by atoms with E-state index in [9.17, 15) is 9.59 Å². The quantitative estimate of drug-likeness (QED) is 0.712. The van der Waals surface area contributed by atoms with Crippen molar-refractivity contribution in [2.45, 2.75) is 0 Å². The molecule has 0 aliphatic heterocycles. The van der Waals surface area contributed by atoms with E-state index in [1.54, 1.807) is 54.7 Å². The highest BCUT2D eigenvalue weighted by molar-refractivity contribution is 9.10. The lowest BCUT2D eigenvalue weighted by atomic mass is 10.1. The lowest BCUT2D eigenvalue weighted by Gasteiger charge is -2.10. The van der Waals surface area contributed by atoms with Gasteiger partial charge in [0.1, 0.15) is 5.82 Å². The molecule has 0 unspecified atom stereocenters. The third-order valence-corrected chi connectivity index (χ3v) is 3.60. The van der Waals surface area contributed by atoms with Gasteiger partial charge in [0.25, 0.3) is 11.8 Å². The van der Waals surface area contributed by atoms with Crippen molar-refractivity contribution in [3.05, 3.63) is 76.8 Å². The van der Waals surface area contributed by atoms with Crippen molar-refractivity contribution in [2.24, 2.45) is 0 Å². The van der Waals surface area contributed by atoms with E-state index in [0.717, 1.165) is 4.47 Å².